The summed E-state index contributed by atoms with van der Waals surface area (Å²) in [6, 6.07) is 7.16. The van der Waals surface area contributed by atoms with Crippen molar-refractivity contribution in [3.63, 3.8) is 0 Å². The minimum atomic E-state index is -3.79. The molecule has 0 bridgehead atoms. The van der Waals surface area contributed by atoms with Gasteiger partial charge in [-0.25, -0.2) is 0 Å². The summed E-state index contributed by atoms with van der Waals surface area (Å²) in [5.74, 6) is 0.159. The van der Waals surface area contributed by atoms with Gasteiger partial charge in [0, 0.05) is 19.2 Å². The Morgan fingerprint density at radius 3 is 2.32 bits per heavy atom. The summed E-state index contributed by atoms with van der Waals surface area (Å²) in [5.41, 5.74) is 0.519. The van der Waals surface area contributed by atoms with E-state index in [9.17, 15) is 18.6 Å². The molecule has 2 aromatic carbocycles. The van der Waals surface area contributed by atoms with Gasteiger partial charge < -0.3 is 14.9 Å². The monoisotopic (exact) mass is 446 g/mol. The van der Waals surface area contributed by atoms with Crippen LogP contribution in [0.2, 0.25) is 10.0 Å². The number of nitrogens with zero attached hydrogens (tertiary/aromatic N) is 1. The van der Waals surface area contributed by atoms with Gasteiger partial charge in [0.1, 0.15) is 11.5 Å². The summed E-state index contributed by atoms with van der Waals surface area (Å²) >= 11 is 12.3. The Kier molecular flexibility index (Phi) is 6.57. The average molecular weight is 447 g/mol. The van der Waals surface area contributed by atoms with Crippen LogP contribution >= 0.6 is 23.2 Å². The lowest BCUT2D eigenvalue weighted by Crippen LogP contribution is -2.39. The Balaban J connectivity index is 1.84. The van der Waals surface area contributed by atoms with E-state index in [-0.39, 0.29) is 39.6 Å². The van der Waals surface area contributed by atoms with Crippen LogP contribution in [0.1, 0.15) is 24.8 Å². The number of ether oxygens (including phenoxy) is 1. The number of rotatable bonds is 6. The molecule has 0 aromatic heterocycles. The van der Waals surface area contributed by atoms with Crippen molar-refractivity contribution in [3.8, 4) is 17.2 Å². The highest BCUT2D eigenvalue weighted by atomic mass is 35.5. The molecule has 1 aliphatic heterocycles. The number of aromatic hydroxyl groups is 1. The number of phenolic OH excluding ortho intramolecular Hbond substituents is 1. The fourth-order valence-corrected chi connectivity index (χ4v) is 4.81. The molecular weight excluding hydrogens is 427 g/mol. The number of aliphatic hydroxyl groups is 1. The summed E-state index contributed by atoms with van der Waals surface area (Å²) in [6.45, 7) is 0.658. The average Bonchev–Trinajstić information content (AvgIpc) is 2.67. The summed E-state index contributed by atoms with van der Waals surface area (Å²) in [4.78, 5) is 0. The molecule has 1 aliphatic rings. The molecule has 0 radical (unpaired) electrons. The molecule has 1 saturated heterocycles. The molecule has 0 amide bonds. The second-order valence-corrected chi connectivity index (χ2v) is 8.88. The van der Waals surface area contributed by atoms with E-state index in [0.717, 1.165) is 19.3 Å². The predicted molar refractivity (Wildman–Crippen MR) is 109 cm³/mol. The van der Waals surface area contributed by atoms with Crippen LogP contribution < -0.4 is 9.46 Å². The number of aliphatic hydroxyl groups excluding tert-OH is 1. The van der Waals surface area contributed by atoms with E-state index in [0.29, 0.717) is 18.7 Å². The largest absolute Gasteiger partial charge is 0.506 e. The maximum absolute atomic E-state index is 12.6. The van der Waals surface area contributed by atoms with E-state index in [4.69, 9.17) is 27.9 Å². The number of nitrogens with one attached hydrogen (secondary N) is 1. The highest BCUT2D eigenvalue weighted by Gasteiger charge is 2.25. The standard InChI is InChI=1S/C18H20Cl2N2O5S/c19-14-8-12(11-23)9-15(20)18(14)27-13-4-5-17(24)16(10-13)21-28(25,26)22-6-2-1-3-7-22/h4-5,8-10,21,23-24H,1-3,6-7,11H2. The van der Waals surface area contributed by atoms with Crippen molar-refractivity contribution in [2.24, 2.45) is 0 Å². The lowest BCUT2D eigenvalue weighted by Gasteiger charge is -2.26. The van der Waals surface area contributed by atoms with Crippen LogP contribution in [0.4, 0.5) is 5.69 Å². The SMILES string of the molecule is O=S(=O)(Nc1cc(Oc2c(Cl)cc(CO)cc2Cl)ccc1O)N1CCCCC1. The lowest BCUT2D eigenvalue weighted by molar-refractivity contribution is 0.281. The topological polar surface area (TPSA) is 99.1 Å². The van der Waals surface area contributed by atoms with Crippen LogP contribution in [0.15, 0.2) is 30.3 Å². The number of anilines is 1. The van der Waals surface area contributed by atoms with Gasteiger partial charge in [-0.3, -0.25) is 4.72 Å². The van der Waals surface area contributed by atoms with Crippen molar-refractivity contribution in [1.82, 2.24) is 4.31 Å². The first-order chi connectivity index (χ1) is 13.3. The highest BCUT2D eigenvalue weighted by molar-refractivity contribution is 7.90. The van der Waals surface area contributed by atoms with Crippen LogP contribution in [0.3, 0.4) is 0 Å². The number of piperidine rings is 1. The second-order valence-electron chi connectivity index (χ2n) is 6.39. The number of hydrogen-bond donors (Lipinski definition) is 3. The lowest BCUT2D eigenvalue weighted by atomic mass is 10.2. The normalized spacial score (nSPS) is 15.4. The van der Waals surface area contributed by atoms with Crippen molar-refractivity contribution < 1.29 is 23.4 Å². The molecule has 0 aliphatic carbocycles. The van der Waals surface area contributed by atoms with Crippen LogP contribution in [0, 0.1) is 0 Å². The third-order valence-electron chi connectivity index (χ3n) is 4.32. The molecular formula is C18H20Cl2N2O5S. The third kappa shape index (κ3) is 4.82. The van der Waals surface area contributed by atoms with Crippen LogP contribution in [0.25, 0.3) is 0 Å². The molecule has 3 rings (SSSR count). The highest BCUT2D eigenvalue weighted by Crippen LogP contribution is 2.39. The van der Waals surface area contributed by atoms with Crippen molar-refractivity contribution in [2.75, 3.05) is 17.8 Å². The molecule has 1 heterocycles. The molecule has 0 unspecified atom stereocenters. The number of hydrogen-bond acceptors (Lipinski definition) is 5. The summed E-state index contributed by atoms with van der Waals surface area (Å²) < 4.78 is 34.5. The van der Waals surface area contributed by atoms with Gasteiger partial charge in [-0.2, -0.15) is 12.7 Å². The second kappa shape index (κ2) is 8.75. The minimum Gasteiger partial charge on any atom is -0.506 e. The van der Waals surface area contributed by atoms with Crippen LogP contribution in [0.5, 0.6) is 17.2 Å². The predicted octanol–water partition coefficient (Wildman–Crippen LogP) is 4.13. The molecule has 152 valence electrons. The Hall–Kier alpha value is -1.71. The maximum atomic E-state index is 12.6. The van der Waals surface area contributed by atoms with E-state index in [1.54, 1.807) is 0 Å². The Bertz CT molecular complexity index is 939. The van der Waals surface area contributed by atoms with Gasteiger partial charge in [0.25, 0.3) is 0 Å². The zero-order valence-corrected chi connectivity index (χ0v) is 17.2. The zero-order valence-electron chi connectivity index (χ0n) is 14.9. The fraction of sp³-hybridized carbons (Fsp3) is 0.333. The fourth-order valence-electron chi connectivity index (χ4n) is 2.89. The first-order valence-electron chi connectivity index (χ1n) is 8.67. The van der Waals surface area contributed by atoms with Crippen molar-refractivity contribution in [2.45, 2.75) is 25.9 Å². The molecule has 10 heteroatoms. The minimum absolute atomic E-state index is 0.0118. The molecule has 1 fully saturated rings. The van der Waals surface area contributed by atoms with Gasteiger partial charge in [0.2, 0.25) is 0 Å². The van der Waals surface area contributed by atoms with Gasteiger partial charge in [-0.15, -0.1) is 0 Å². The molecule has 28 heavy (non-hydrogen) atoms. The van der Waals surface area contributed by atoms with E-state index < -0.39 is 10.2 Å². The molecule has 2 aromatic rings. The van der Waals surface area contributed by atoms with E-state index in [2.05, 4.69) is 4.72 Å². The van der Waals surface area contributed by atoms with E-state index >= 15 is 0 Å². The smallest absolute Gasteiger partial charge is 0.301 e. The van der Waals surface area contributed by atoms with Crippen molar-refractivity contribution in [1.29, 1.82) is 0 Å². The van der Waals surface area contributed by atoms with E-state index in [1.165, 1.54) is 34.6 Å². The third-order valence-corrected chi connectivity index (χ3v) is 6.41. The van der Waals surface area contributed by atoms with Gasteiger partial charge in [0.15, 0.2) is 5.75 Å². The van der Waals surface area contributed by atoms with Gasteiger partial charge in [0.05, 0.1) is 22.3 Å². The number of halogens is 2. The maximum Gasteiger partial charge on any atom is 0.301 e. The Morgan fingerprint density at radius 1 is 1.07 bits per heavy atom. The molecule has 0 saturated carbocycles. The van der Waals surface area contributed by atoms with Crippen molar-refractivity contribution in [3.05, 3.63) is 45.9 Å². The quantitative estimate of drug-likeness (QED) is 0.579. The zero-order chi connectivity index (χ0) is 20.3. The summed E-state index contributed by atoms with van der Waals surface area (Å²) in [5, 5.41) is 19.6. The molecule has 0 spiro atoms. The Morgan fingerprint density at radius 2 is 1.71 bits per heavy atom. The van der Waals surface area contributed by atoms with E-state index in [1.807, 2.05) is 0 Å². The first kappa shape index (κ1) is 21.0. The number of phenols is 1. The molecule has 7 nitrogen and oxygen atoms in total. The van der Waals surface area contributed by atoms with Crippen LogP contribution in [-0.2, 0) is 16.8 Å². The van der Waals surface area contributed by atoms with Crippen LogP contribution in [-0.4, -0.2) is 36.0 Å². The summed E-state index contributed by atoms with van der Waals surface area (Å²) in [6.07, 6.45) is 2.60. The number of benzene rings is 2. The first-order valence-corrected chi connectivity index (χ1v) is 10.9. The molecule has 3 N–H and O–H groups in total. The van der Waals surface area contributed by atoms with Crippen molar-refractivity contribution >= 4 is 39.1 Å². The molecule has 0 atom stereocenters. The van der Waals surface area contributed by atoms with Gasteiger partial charge in [-0.05, 0) is 42.7 Å². The summed E-state index contributed by atoms with van der Waals surface area (Å²) in [7, 11) is -3.79. The Labute approximate surface area is 173 Å². The van der Waals surface area contributed by atoms with Gasteiger partial charge >= 0.3 is 10.2 Å². The van der Waals surface area contributed by atoms with Gasteiger partial charge in [-0.1, -0.05) is 29.6 Å².